The molecule has 3 saturated heterocycles. The van der Waals surface area contributed by atoms with E-state index in [9.17, 15) is 4.79 Å². The normalized spacial score (nSPS) is 40.0. The molecule has 0 aromatic carbocycles. The number of hydrogen-bond donors (Lipinski definition) is 0. The van der Waals surface area contributed by atoms with E-state index in [2.05, 4.69) is 30.4 Å². The van der Waals surface area contributed by atoms with Crippen LogP contribution in [-0.2, 0) is 14.3 Å². The number of amides is 1. The monoisotopic (exact) mass is 342 g/mol. The number of likely N-dealkylation sites (N-methyl/N-ethyl adjacent to an activating group) is 1. The number of likely N-dealkylation sites (tertiary alicyclic amines) is 1. The van der Waals surface area contributed by atoms with E-state index in [4.69, 9.17) is 9.47 Å². The molecule has 0 spiro atoms. The summed E-state index contributed by atoms with van der Waals surface area (Å²) >= 11 is 0. The SMILES string of the molecule is CN1C(=O)C(N2[Si](C)(C)CC[Si]2(C)C)C1C1COC(C)(C)O1. The molecular weight excluding hydrogens is 312 g/mol. The standard InChI is InChI=1S/C15H30N2O3Si2/c1-15(2)19-10-11(20-15)12-13(14(18)16(12)3)17-21(4,5)8-9-22(17,6)7/h11-13H,8-10H2,1-7H3. The van der Waals surface area contributed by atoms with E-state index in [0.717, 1.165) is 0 Å². The van der Waals surface area contributed by atoms with Gasteiger partial charge in [-0.25, -0.2) is 0 Å². The van der Waals surface area contributed by atoms with Crippen molar-refractivity contribution >= 4 is 22.4 Å². The molecule has 0 aromatic heterocycles. The van der Waals surface area contributed by atoms with Crippen LogP contribution in [0.15, 0.2) is 0 Å². The molecule has 5 nitrogen and oxygen atoms in total. The lowest BCUT2D eigenvalue weighted by molar-refractivity contribution is -0.173. The minimum Gasteiger partial charge on any atom is -0.348 e. The van der Waals surface area contributed by atoms with Crippen molar-refractivity contribution in [2.24, 2.45) is 0 Å². The van der Waals surface area contributed by atoms with Crippen LogP contribution in [0.5, 0.6) is 0 Å². The predicted octanol–water partition coefficient (Wildman–Crippen LogP) is 2.07. The Morgan fingerprint density at radius 1 is 1.14 bits per heavy atom. The van der Waals surface area contributed by atoms with Crippen LogP contribution in [-0.4, -0.2) is 69.1 Å². The van der Waals surface area contributed by atoms with Gasteiger partial charge in [0.15, 0.2) is 5.79 Å². The highest BCUT2D eigenvalue weighted by Crippen LogP contribution is 2.44. The first-order chi connectivity index (χ1) is 9.96. The molecule has 0 bridgehead atoms. The summed E-state index contributed by atoms with van der Waals surface area (Å²) in [4.78, 5) is 14.6. The third-order valence-corrected chi connectivity index (χ3v) is 16.0. The first kappa shape index (κ1) is 16.6. The summed E-state index contributed by atoms with van der Waals surface area (Å²) < 4.78 is 14.5. The van der Waals surface area contributed by atoms with E-state index >= 15 is 0 Å². The molecule has 3 atom stereocenters. The summed E-state index contributed by atoms with van der Waals surface area (Å²) in [6.07, 6.45) is -0.00194. The first-order valence-corrected chi connectivity index (χ1v) is 14.7. The van der Waals surface area contributed by atoms with E-state index in [1.807, 2.05) is 25.8 Å². The molecule has 3 aliphatic heterocycles. The van der Waals surface area contributed by atoms with Gasteiger partial charge in [-0.15, -0.1) is 0 Å². The molecule has 0 aromatic rings. The predicted molar refractivity (Wildman–Crippen MR) is 91.7 cm³/mol. The van der Waals surface area contributed by atoms with Crippen LogP contribution in [0.2, 0.25) is 38.3 Å². The molecule has 1 amide bonds. The number of carbonyl (C=O) groups excluding carboxylic acids is 1. The quantitative estimate of drug-likeness (QED) is 0.569. The molecule has 3 heterocycles. The zero-order chi connectivity index (χ0) is 16.5. The van der Waals surface area contributed by atoms with Gasteiger partial charge in [-0.3, -0.25) is 4.79 Å². The van der Waals surface area contributed by atoms with Crippen LogP contribution < -0.4 is 0 Å². The molecule has 22 heavy (non-hydrogen) atoms. The maximum Gasteiger partial charge on any atom is 0.241 e. The molecule has 0 saturated carbocycles. The Bertz CT molecular complexity index is 479. The van der Waals surface area contributed by atoms with E-state index in [1.54, 1.807) is 0 Å². The molecule has 0 aliphatic carbocycles. The summed E-state index contributed by atoms with van der Waals surface area (Å²) in [5.74, 6) is -0.249. The smallest absolute Gasteiger partial charge is 0.241 e. The number of rotatable bonds is 2. The van der Waals surface area contributed by atoms with Crippen LogP contribution >= 0.6 is 0 Å². The van der Waals surface area contributed by atoms with Gasteiger partial charge >= 0.3 is 0 Å². The number of β-lactam (4-membered cyclic amide) rings is 1. The minimum absolute atomic E-state index is 0.00194. The lowest BCUT2D eigenvalue weighted by atomic mass is 9.92. The molecule has 0 N–H and O–H groups in total. The van der Waals surface area contributed by atoms with Crippen molar-refractivity contribution in [1.82, 2.24) is 9.13 Å². The summed E-state index contributed by atoms with van der Waals surface area (Å²) in [7, 11) is -1.06. The Hall–Kier alpha value is -0.216. The average molecular weight is 343 g/mol. The highest BCUT2D eigenvalue weighted by Gasteiger charge is 2.62. The fourth-order valence-corrected chi connectivity index (χ4v) is 19.3. The molecular formula is C15H30N2O3Si2. The van der Waals surface area contributed by atoms with Crippen molar-refractivity contribution < 1.29 is 14.3 Å². The fraction of sp³-hybridized carbons (Fsp3) is 0.933. The van der Waals surface area contributed by atoms with Crippen LogP contribution in [0.3, 0.4) is 0 Å². The van der Waals surface area contributed by atoms with Gasteiger partial charge in [-0.1, -0.05) is 26.2 Å². The van der Waals surface area contributed by atoms with Gasteiger partial charge in [0.25, 0.3) is 0 Å². The van der Waals surface area contributed by atoms with Crippen molar-refractivity contribution in [3.63, 3.8) is 0 Å². The summed E-state index contributed by atoms with van der Waals surface area (Å²) in [6.45, 7) is 14.2. The Kier molecular flexibility index (Phi) is 3.70. The maximum absolute atomic E-state index is 12.7. The van der Waals surface area contributed by atoms with E-state index in [1.165, 1.54) is 12.1 Å². The molecule has 0 radical (unpaired) electrons. The Balaban J connectivity index is 1.87. The summed E-state index contributed by atoms with van der Waals surface area (Å²) in [6, 6.07) is 2.81. The second kappa shape index (κ2) is 4.89. The zero-order valence-electron chi connectivity index (χ0n) is 15.0. The van der Waals surface area contributed by atoms with Crippen LogP contribution in [0.25, 0.3) is 0 Å². The molecule has 3 unspecified atom stereocenters. The summed E-state index contributed by atoms with van der Waals surface area (Å²) in [5.41, 5.74) is 0. The Morgan fingerprint density at radius 2 is 1.68 bits per heavy atom. The van der Waals surface area contributed by atoms with Crippen molar-refractivity contribution in [2.75, 3.05) is 13.7 Å². The van der Waals surface area contributed by atoms with E-state index in [-0.39, 0.29) is 24.1 Å². The third-order valence-electron chi connectivity index (χ3n) is 5.71. The molecule has 3 fully saturated rings. The Morgan fingerprint density at radius 3 is 2.14 bits per heavy atom. The van der Waals surface area contributed by atoms with E-state index in [0.29, 0.717) is 6.61 Å². The van der Waals surface area contributed by atoms with Crippen molar-refractivity contribution in [2.45, 2.75) is 76.1 Å². The Labute approximate surface area is 136 Å². The third kappa shape index (κ3) is 2.41. The van der Waals surface area contributed by atoms with Crippen LogP contribution in [0.1, 0.15) is 13.8 Å². The fourth-order valence-electron chi connectivity index (χ4n) is 4.66. The minimum atomic E-state index is -1.49. The summed E-state index contributed by atoms with van der Waals surface area (Å²) in [5, 5.41) is 0. The lowest BCUT2D eigenvalue weighted by Crippen LogP contribution is -2.78. The number of nitrogens with zero attached hydrogens (tertiary/aromatic N) is 2. The van der Waals surface area contributed by atoms with Crippen LogP contribution in [0.4, 0.5) is 0 Å². The molecule has 3 rings (SSSR count). The second-order valence-corrected chi connectivity index (χ2v) is 18.4. The largest absolute Gasteiger partial charge is 0.348 e. The maximum atomic E-state index is 12.7. The van der Waals surface area contributed by atoms with E-state index < -0.39 is 22.3 Å². The van der Waals surface area contributed by atoms with Gasteiger partial charge in [0.2, 0.25) is 5.91 Å². The first-order valence-electron chi connectivity index (χ1n) is 8.34. The second-order valence-electron chi connectivity index (χ2n) is 8.75. The van der Waals surface area contributed by atoms with Gasteiger partial charge in [-0.05, 0) is 25.9 Å². The molecule has 126 valence electrons. The van der Waals surface area contributed by atoms with Gasteiger partial charge in [0.05, 0.1) is 12.6 Å². The van der Waals surface area contributed by atoms with Gasteiger partial charge in [0, 0.05) is 7.05 Å². The van der Waals surface area contributed by atoms with Crippen LogP contribution in [0, 0.1) is 0 Å². The van der Waals surface area contributed by atoms with Gasteiger partial charge < -0.3 is 18.6 Å². The average Bonchev–Trinajstić information content (AvgIpc) is 2.84. The molecule has 3 aliphatic rings. The number of ether oxygens (including phenoxy) is 2. The number of carbonyl (C=O) groups is 1. The number of hydrogen-bond acceptors (Lipinski definition) is 4. The van der Waals surface area contributed by atoms with Crippen molar-refractivity contribution in [3.8, 4) is 0 Å². The topological polar surface area (TPSA) is 42.0 Å². The highest BCUT2D eigenvalue weighted by molar-refractivity contribution is 6.95. The van der Waals surface area contributed by atoms with Gasteiger partial charge in [0.1, 0.15) is 28.6 Å². The van der Waals surface area contributed by atoms with Crippen molar-refractivity contribution in [1.29, 1.82) is 0 Å². The van der Waals surface area contributed by atoms with Crippen molar-refractivity contribution in [3.05, 3.63) is 0 Å². The lowest BCUT2D eigenvalue weighted by Gasteiger charge is -2.56. The zero-order valence-corrected chi connectivity index (χ0v) is 17.0. The highest BCUT2D eigenvalue weighted by atomic mass is 28.4. The molecule has 7 heteroatoms. The van der Waals surface area contributed by atoms with Gasteiger partial charge in [-0.2, -0.15) is 0 Å².